The highest BCUT2D eigenvalue weighted by molar-refractivity contribution is 5.97. The highest BCUT2D eigenvalue weighted by Gasteiger charge is 2.27. The molecule has 2 saturated heterocycles. The molecule has 2 aromatic carbocycles. The first-order valence-electron chi connectivity index (χ1n) is 12.7. The number of hydrogen-bond acceptors (Lipinski definition) is 7. The topological polar surface area (TPSA) is 130 Å². The van der Waals surface area contributed by atoms with Gasteiger partial charge in [0.25, 0.3) is 5.91 Å². The van der Waals surface area contributed by atoms with Crippen molar-refractivity contribution in [3.05, 3.63) is 58.7 Å². The fraction of sp³-hybridized carbons (Fsp3) is 0.444. The number of nitrogens with zero attached hydrogens (tertiary/aromatic N) is 6. The lowest BCUT2D eigenvalue weighted by molar-refractivity contribution is 0.0684. The van der Waals surface area contributed by atoms with Gasteiger partial charge in [-0.3, -0.25) is 9.80 Å². The van der Waals surface area contributed by atoms with Crippen LogP contribution >= 0.6 is 0 Å². The zero-order valence-corrected chi connectivity index (χ0v) is 21.9. The van der Waals surface area contributed by atoms with E-state index in [1.54, 1.807) is 7.05 Å². The first-order valence-corrected chi connectivity index (χ1v) is 12.7. The van der Waals surface area contributed by atoms with Crippen LogP contribution in [-0.4, -0.2) is 79.0 Å². The van der Waals surface area contributed by atoms with Gasteiger partial charge in [-0.2, -0.15) is 5.26 Å². The molecule has 196 valence electrons. The van der Waals surface area contributed by atoms with Crippen LogP contribution in [0.15, 0.2) is 41.5 Å². The lowest BCUT2D eigenvalue weighted by Gasteiger charge is -2.37. The van der Waals surface area contributed by atoms with Crippen molar-refractivity contribution in [2.75, 3.05) is 56.5 Å². The van der Waals surface area contributed by atoms with Crippen LogP contribution in [-0.2, 0) is 0 Å². The van der Waals surface area contributed by atoms with E-state index in [4.69, 9.17) is 11.7 Å². The van der Waals surface area contributed by atoms with E-state index in [9.17, 15) is 10.1 Å². The highest BCUT2D eigenvalue weighted by atomic mass is 16.2. The number of hydrazone groups is 1. The average molecular weight is 504 g/mol. The zero-order valence-electron chi connectivity index (χ0n) is 21.9. The van der Waals surface area contributed by atoms with Crippen molar-refractivity contribution in [2.24, 2.45) is 16.8 Å². The van der Waals surface area contributed by atoms with Crippen LogP contribution in [0, 0.1) is 25.2 Å². The molecule has 0 spiro atoms. The summed E-state index contributed by atoms with van der Waals surface area (Å²) < 4.78 is 0. The minimum Gasteiger partial charge on any atom is -0.382 e. The van der Waals surface area contributed by atoms with Crippen LogP contribution in [0.5, 0.6) is 0 Å². The Balaban J connectivity index is 1.40. The summed E-state index contributed by atoms with van der Waals surface area (Å²) in [6, 6.07) is 14.5. The first-order chi connectivity index (χ1) is 17.8. The fourth-order valence-electron chi connectivity index (χ4n) is 5.24. The summed E-state index contributed by atoms with van der Waals surface area (Å²) >= 11 is 0. The fourth-order valence-corrected chi connectivity index (χ4v) is 5.24. The minimum absolute atomic E-state index is 0.0375. The van der Waals surface area contributed by atoms with Crippen LogP contribution in [0.3, 0.4) is 0 Å². The van der Waals surface area contributed by atoms with E-state index in [2.05, 4.69) is 34.4 Å². The molecule has 0 atom stereocenters. The van der Waals surface area contributed by atoms with Crippen LogP contribution in [0.4, 0.5) is 11.4 Å². The second-order valence-corrected chi connectivity index (χ2v) is 9.84. The van der Waals surface area contributed by atoms with Crippen LogP contribution < -0.4 is 21.9 Å². The summed E-state index contributed by atoms with van der Waals surface area (Å²) in [7, 11) is 1.70. The predicted octanol–water partition coefficient (Wildman–Crippen LogP) is 2.05. The molecule has 10 heteroatoms. The minimum atomic E-state index is 0.0375. The standard InChI is InChI=1S/C27H37N9O/c1-19-16-20(2)24(31-22-8-10-34(11-9-22)25-7-5-4-6-21(25)18-28)17-23(19)26(37)35-12-14-36(15-13-35)27(32-29)33(3)30/h4-7,16-17,22,31H,8-15,29-30H2,1-3H3/b32-27+. The van der Waals surface area contributed by atoms with Crippen molar-refractivity contribution < 1.29 is 4.79 Å². The molecule has 0 unspecified atom stereocenters. The van der Waals surface area contributed by atoms with Gasteiger partial charge in [0.2, 0.25) is 5.96 Å². The largest absolute Gasteiger partial charge is 0.382 e. The van der Waals surface area contributed by atoms with Crippen molar-refractivity contribution >= 4 is 23.2 Å². The number of anilines is 2. The van der Waals surface area contributed by atoms with Gasteiger partial charge in [0, 0.05) is 63.6 Å². The first kappa shape index (κ1) is 26.1. The molecule has 37 heavy (non-hydrogen) atoms. The SMILES string of the molecule is Cc1cc(C)c(C(=O)N2CCN(/C(=N/N)N(C)N)CC2)cc1NC1CCN(c2ccccc2C#N)CC1. The van der Waals surface area contributed by atoms with Crippen molar-refractivity contribution in [1.82, 2.24) is 14.8 Å². The van der Waals surface area contributed by atoms with Gasteiger partial charge in [0.1, 0.15) is 6.07 Å². The van der Waals surface area contributed by atoms with Gasteiger partial charge in [-0.05, 0) is 56.0 Å². The molecule has 1 amide bonds. The van der Waals surface area contributed by atoms with Crippen molar-refractivity contribution in [3.63, 3.8) is 0 Å². The van der Waals surface area contributed by atoms with E-state index < -0.39 is 0 Å². The smallest absolute Gasteiger partial charge is 0.254 e. The molecule has 2 heterocycles. The van der Waals surface area contributed by atoms with Crippen LogP contribution in [0.25, 0.3) is 0 Å². The molecule has 2 fully saturated rings. The number of guanidine groups is 1. The second-order valence-electron chi connectivity index (χ2n) is 9.84. The maximum atomic E-state index is 13.5. The number of piperidine rings is 1. The molecule has 0 saturated carbocycles. The van der Waals surface area contributed by atoms with Crippen molar-refractivity contribution in [2.45, 2.75) is 32.7 Å². The normalized spacial score (nSPS) is 16.9. The quantitative estimate of drug-likeness (QED) is 0.250. The molecule has 10 nitrogen and oxygen atoms in total. The Labute approximate surface area is 219 Å². The number of aryl methyl sites for hydroxylation is 2. The Morgan fingerprint density at radius 1 is 1.05 bits per heavy atom. The van der Waals surface area contributed by atoms with Gasteiger partial charge in [0.05, 0.1) is 11.3 Å². The summed E-state index contributed by atoms with van der Waals surface area (Å²) in [5, 5.41) is 18.3. The predicted molar refractivity (Wildman–Crippen MR) is 147 cm³/mol. The Hall–Kier alpha value is -3.97. The monoisotopic (exact) mass is 503 g/mol. The number of nitrogens with one attached hydrogen (secondary N) is 1. The highest BCUT2D eigenvalue weighted by Crippen LogP contribution is 2.28. The number of nitriles is 1. The Kier molecular flexibility index (Phi) is 8.04. The van der Waals surface area contributed by atoms with E-state index in [0.29, 0.717) is 43.7 Å². The average Bonchev–Trinajstić information content (AvgIpc) is 2.91. The molecular formula is C27H37N9O. The molecule has 4 rings (SSSR count). The maximum absolute atomic E-state index is 13.5. The number of rotatable bonds is 4. The van der Waals surface area contributed by atoms with E-state index in [0.717, 1.165) is 54.0 Å². The molecule has 0 aromatic heterocycles. The number of piperazine rings is 1. The lowest BCUT2D eigenvalue weighted by Crippen LogP contribution is -2.55. The summed E-state index contributed by atoms with van der Waals surface area (Å²) in [6.07, 6.45) is 1.91. The van der Waals surface area contributed by atoms with Crippen LogP contribution in [0.1, 0.15) is 39.9 Å². The Bertz CT molecular complexity index is 1190. The molecule has 0 aliphatic carbocycles. The van der Waals surface area contributed by atoms with Gasteiger partial charge < -0.3 is 25.9 Å². The van der Waals surface area contributed by atoms with Gasteiger partial charge >= 0.3 is 0 Å². The molecule has 5 N–H and O–H groups in total. The summed E-state index contributed by atoms with van der Waals surface area (Å²) in [5.74, 6) is 11.9. The molecular weight excluding hydrogens is 466 g/mol. The second kappa shape index (κ2) is 11.4. The molecule has 2 aromatic rings. The van der Waals surface area contributed by atoms with Crippen molar-refractivity contribution in [1.29, 1.82) is 5.26 Å². The Morgan fingerprint density at radius 3 is 2.32 bits per heavy atom. The number of carbonyl (C=O) groups is 1. The number of amides is 1. The number of nitrogens with two attached hydrogens (primary N) is 2. The summed E-state index contributed by atoms with van der Waals surface area (Å²) in [6.45, 7) is 8.22. The number of hydrazine groups is 1. The number of hydrogen-bond donors (Lipinski definition) is 3. The molecule has 0 radical (unpaired) electrons. The van der Waals surface area contributed by atoms with E-state index in [1.165, 1.54) is 5.01 Å². The number of para-hydroxylation sites is 1. The van der Waals surface area contributed by atoms with E-state index in [1.807, 2.05) is 47.1 Å². The third-order valence-electron chi connectivity index (χ3n) is 7.30. The van der Waals surface area contributed by atoms with E-state index in [-0.39, 0.29) is 5.91 Å². The van der Waals surface area contributed by atoms with Crippen LogP contribution in [0.2, 0.25) is 0 Å². The van der Waals surface area contributed by atoms with Gasteiger partial charge in [0.15, 0.2) is 0 Å². The zero-order chi connectivity index (χ0) is 26.5. The summed E-state index contributed by atoms with van der Waals surface area (Å²) in [4.78, 5) is 19.6. The third kappa shape index (κ3) is 5.73. The Morgan fingerprint density at radius 2 is 1.70 bits per heavy atom. The molecule has 2 aliphatic heterocycles. The summed E-state index contributed by atoms with van der Waals surface area (Å²) in [5.41, 5.74) is 5.56. The lowest BCUT2D eigenvalue weighted by atomic mass is 9.99. The van der Waals surface area contributed by atoms with Crippen molar-refractivity contribution in [3.8, 4) is 6.07 Å². The van der Waals surface area contributed by atoms with E-state index >= 15 is 0 Å². The number of benzene rings is 2. The third-order valence-corrected chi connectivity index (χ3v) is 7.30. The molecule has 2 aliphatic rings. The number of carbonyl (C=O) groups excluding carboxylic acids is 1. The van der Waals surface area contributed by atoms with Gasteiger partial charge in [-0.15, -0.1) is 5.10 Å². The van der Waals surface area contributed by atoms with Gasteiger partial charge in [-0.25, -0.2) is 5.84 Å². The van der Waals surface area contributed by atoms with Gasteiger partial charge in [-0.1, -0.05) is 18.2 Å². The molecule has 0 bridgehead atoms. The maximum Gasteiger partial charge on any atom is 0.254 e.